The summed E-state index contributed by atoms with van der Waals surface area (Å²) in [5.74, 6) is 0.985. The third-order valence-corrected chi connectivity index (χ3v) is 8.74. The number of fused-ring (bicyclic) bond motifs is 1. The first-order valence-electron chi connectivity index (χ1n) is 13.0. The van der Waals surface area contributed by atoms with Crippen LogP contribution in [0.3, 0.4) is 0 Å². The van der Waals surface area contributed by atoms with Gasteiger partial charge in [0.2, 0.25) is 0 Å². The van der Waals surface area contributed by atoms with Crippen molar-refractivity contribution in [3.05, 3.63) is 59.0 Å². The molecule has 2 amide bonds. The number of benzene rings is 1. The Morgan fingerprint density at radius 2 is 1.76 bits per heavy atom. The topological polar surface area (TPSA) is 90.9 Å². The summed E-state index contributed by atoms with van der Waals surface area (Å²) >= 11 is 3.09. The molecule has 216 valence electrons. The van der Waals surface area contributed by atoms with Crippen LogP contribution in [0.4, 0.5) is 5.82 Å². The molecule has 0 unspecified atom stereocenters. The number of hydrogen-bond acceptors (Lipinski definition) is 10. The Morgan fingerprint density at radius 1 is 1.00 bits per heavy atom. The smallest absolute Gasteiger partial charge is 0.275 e. The lowest BCUT2D eigenvalue weighted by atomic mass is 10.1. The number of carbonyl (C=O) groups is 2. The molecule has 1 N–H and O–H groups in total. The molecule has 1 aliphatic rings. The molecule has 0 atom stereocenters. The number of anilines is 1. The van der Waals surface area contributed by atoms with Crippen LogP contribution in [0.25, 0.3) is 31.4 Å². The number of ether oxygens (including phenoxy) is 1. The van der Waals surface area contributed by atoms with E-state index in [9.17, 15) is 9.59 Å². The third-order valence-electron chi connectivity index (χ3n) is 6.64. The number of amides is 2. The molecule has 0 radical (unpaired) electrons. The van der Waals surface area contributed by atoms with Gasteiger partial charge in [-0.1, -0.05) is 6.07 Å². The third kappa shape index (κ3) is 6.77. The maximum atomic E-state index is 12.6. The van der Waals surface area contributed by atoms with Gasteiger partial charge in [0.1, 0.15) is 17.2 Å². The van der Waals surface area contributed by atoms with Crippen molar-refractivity contribution in [3.8, 4) is 26.9 Å². The number of aromatic nitrogens is 2. The largest absolute Gasteiger partial charge is 0.492 e. The second kappa shape index (κ2) is 13.1. The number of halogens is 1. The number of nitrogens with zero attached hydrogens (tertiary/aromatic N) is 5. The molecule has 0 spiro atoms. The fourth-order valence-electron chi connectivity index (χ4n) is 4.32. The van der Waals surface area contributed by atoms with Crippen molar-refractivity contribution in [1.29, 1.82) is 0 Å². The number of hydrogen-bond donors (Lipinski definition) is 1. The first-order valence-corrected chi connectivity index (χ1v) is 14.7. The molecule has 0 fully saturated rings. The number of aryl methyl sites for hydroxylation is 1. The van der Waals surface area contributed by atoms with E-state index >= 15 is 0 Å². The molecule has 0 bridgehead atoms. The lowest BCUT2D eigenvalue weighted by molar-refractivity contribution is -0.135. The quantitative estimate of drug-likeness (QED) is 0.227. The van der Waals surface area contributed by atoms with Crippen molar-refractivity contribution >= 4 is 62.9 Å². The molecule has 9 nitrogen and oxygen atoms in total. The predicted octanol–water partition coefficient (Wildman–Crippen LogP) is 5.33. The zero-order valence-corrected chi connectivity index (χ0v) is 26.1. The molecule has 1 aliphatic heterocycles. The van der Waals surface area contributed by atoms with Crippen LogP contribution in [0.2, 0.25) is 0 Å². The van der Waals surface area contributed by atoms with Crippen LogP contribution in [0.15, 0.2) is 53.4 Å². The van der Waals surface area contributed by atoms with E-state index in [0.717, 1.165) is 61.5 Å². The molecule has 5 rings (SSSR count). The molecule has 12 heteroatoms. The number of thiophene rings is 2. The second-order valence-electron chi connectivity index (χ2n) is 10.0. The maximum absolute atomic E-state index is 12.6. The number of rotatable bonds is 11. The molecule has 0 saturated heterocycles. The zero-order valence-electron chi connectivity index (χ0n) is 23.6. The van der Waals surface area contributed by atoms with Gasteiger partial charge in [0.15, 0.2) is 11.6 Å². The van der Waals surface area contributed by atoms with E-state index < -0.39 is 5.91 Å². The summed E-state index contributed by atoms with van der Waals surface area (Å²) in [6, 6.07) is 12.0. The Balaban J connectivity index is 0.00000387. The van der Waals surface area contributed by atoms with Crippen molar-refractivity contribution in [2.75, 3.05) is 52.8 Å². The Labute approximate surface area is 253 Å². The number of imide groups is 1. The first kappa shape index (κ1) is 30.6. The summed E-state index contributed by atoms with van der Waals surface area (Å²) in [6.07, 6.45) is 1.32. The lowest BCUT2D eigenvalue weighted by Crippen LogP contribution is -2.36. The van der Waals surface area contributed by atoms with Gasteiger partial charge in [0.05, 0.1) is 10.3 Å². The molecule has 4 aromatic rings. The Hall–Kier alpha value is -3.35. The maximum Gasteiger partial charge on any atom is 0.275 e. The SMILES string of the molecule is CC1=CC(=O)N(Nc2nc(-c3cccs3)nc3sc(-c4ccc(OCCN(C)CCN(C)C)cc4)c(C)c23)C1=O.Cl. The number of carbonyl (C=O) groups excluding carboxylic acids is 2. The minimum atomic E-state index is -0.417. The highest BCUT2D eigenvalue weighted by Gasteiger charge is 2.30. The minimum Gasteiger partial charge on any atom is -0.492 e. The Morgan fingerprint density at radius 3 is 2.39 bits per heavy atom. The van der Waals surface area contributed by atoms with Crippen molar-refractivity contribution in [1.82, 2.24) is 24.8 Å². The van der Waals surface area contributed by atoms with E-state index in [1.54, 1.807) is 18.3 Å². The number of hydrazine groups is 1. The highest BCUT2D eigenvalue weighted by atomic mass is 35.5. The van der Waals surface area contributed by atoms with Crippen molar-refractivity contribution in [2.24, 2.45) is 0 Å². The summed E-state index contributed by atoms with van der Waals surface area (Å²) in [4.78, 5) is 41.8. The van der Waals surface area contributed by atoms with Crippen LogP contribution in [0, 0.1) is 6.92 Å². The van der Waals surface area contributed by atoms with Gasteiger partial charge in [-0.05, 0) is 81.8 Å². The Bertz CT molecular complexity index is 1570. The van der Waals surface area contributed by atoms with Crippen molar-refractivity contribution in [3.63, 3.8) is 0 Å². The summed E-state index contributed by atoms with van der Waals surface area (Å²) in [6.45, 7) is 7.10. The average Bonchev–Trinajstić information content (AvgIpc) is 3.64. The zero-order chi connectivity index (χ0) is 28.4. The molecule has 3 aromatic heterocycles. The molecule has 0 saturated carbocycles. The van der Waals surface area contributed by atoms with E-state index in [0.29, 0.717) is 23.8 Å². The van der Waals surface area contributed by atoms with Crippen LogP contribution in [-0.4, -0.2) is 84.0 Å². The van der Waals surface area contributed by atoms with Crippen LogP contribution >= 0.6 is 35.1 Å². The summed E-state index contributed by atoms with van der Waals surface area (Å²) in [5.41, 5.74) is 5.38. The van der Waals surface area contributed by atoms with E-state index in [2.05, 4.69) is 36.4 Å². The average molecular weight is 613 g/mol. The van der Waals surface area contributed by atoms with Gasteiger partial charge in [-0.2, -0.15) is 5.01 Å². The molecule has 4 heterocycles. The summed E-state index contributed by atoms with van der Waals surface area (Å²) in [7, 11) is 6.25. The molecular weight excluding hydrogens is 580 g/mol. The molecule has 1 aromatic carbocycles. The van der Waals surface area contributed by atoms with Gasteiger partial charge in [-0.3, -0.25) is 15.0 Å². The monoisotopic (exact) mass is 612 g/mol. The second-order valence-corrected chi connectivity index (χ2v) is 12.0. The summed E-state index contributed by atoms with van der Waals surface area (Å²) in [5, 5.41) is 3.76. The molecule has 0 aliphatic carbocycles. The van der Waals surface area contributed by atoms with E-state index in [1.165, 1.54) is 17.4 Å². The first-order chi connectivity index (χ1) is 19.2. The van der Waals surface area contributed by atoms with Crippen molar-refractivity contribution < 1.29 is 14.3 Å². The van der Waals surface area contributed by atoms with Crippen LogP contribution in [0.5, 0.6) is 5.75 Å². The predicted molar refractivity (Wildman–Crippen MR) is 169 cm³/mol. The Kier molecular flexibility index (Phi) is 9.77. The minimum absolute atomic E-state index is 0. The number of likely N-dealkylation sites (N-methyl/N-ethyl adjacent to an activating group) is 2. The molecular formula is C29H33ClN6O3S2. The van der Waals surface area contributed by atoms with E-state index in [4.69, 9.17) is 14.7 Å². The van der Waals surface area contributed by atoms with E-state index in [1.807, 2.05) is 48.7 Å². The van der Waals surface area contributed by atoms with Gasteiger partial charge in [0, 0.05) is 36.2 Å². The van der Waals surface area contributed by atoms with Crippen LogP contribution < -0.4 is 10.2 Å². The molecule has 41 heavy (non-hydrogen) atoms. The van der Waals surface area contributed by atoms with Gasteiger partial charge < -0.3 is 14.5 Å². The van der Waals surface area contributed by atoms with Crippen molar-refractivity contribution in [2.45, 2.75) is 13.8 Å². The van der Waals surface area contributed by atoms with Gasteiger partial charge in [0.25, 0.3) is 11.8 Å². The fraction of sp³-hybridized carbons (Fsp3) is 0.310. The van der Waals surface area contributed by atoms with Gasteiger partial charge >= 0.3 is 0 Å². The number of nitrogens with one attached hydrogen (secondary N) is 1. The van der Waals surface area contributed by atoms with Gasteiger partial charge in [-0.15, -0.1) is 35.1 Å². The highest BCUT2D eigenvalue weighted by Crippen LogP contribution is 2.42. The lowest BCUT2D eigenvalue weighted by Gasteiger charge is -2.19. The summed E-state index contributed by atoms with van der Waals surface area (Å²) < 4.78 is 5.99. The highest BCUT2D eigenvalue weighted by molar-refractivity contribution is 7.22. The van der Waals surface area contributed by atoms with Gasteiger partial charge in [-0.25, -0.2) is 9.97 Å². The normalized spacial score (nSPS) is 13.3. The van der Waals surface area contributed by atoms with Crippen LogP contribution in [0.1, 0.15) is 12.5 Å². The van der Waals surface area contributed by atoms with Crippen LogP contribution in [-0.2, 0) is 9.59 Å². The fourth-order valence-corrected chi connectivity index (χ4v) is 6.16. The van der Waals surface area contributed by atoms with E-state index in [-0.39, 0.29) is 18.3 Å². The standard InChI is InChI=1S/C29H32N6O3S2.ClH/c1-18-17-23(36)35(29(18)37)32-27-24-19(2)25(40-28(24)31-26(30-27)22-7-6-16-39-22)20-8-10-21(11-9-20)38-15-14-34(5)13-12-33(3)4;/h6-11,16-17H,12-15H2,1-5H3,(H,30,31,32);1H.